The summed E-state index contributed by atoms with van der Waals surface area (Å²) in [5.74, 6) is 1.31. The lowest BCUT2D eigenvalue weighted by molar-refractivity contribution is 0.0716. The third-order valence-corrected chi connectivity index (χ3v) is 6.20. The summed E-state index contributed by atoms with van der Waals surface area (Å²) in [6.45, 7) is 0. The van der Waals surface area contributed by atoms with Gasteiger partial charge in [0.15, 0.2) is 0 Å². The average Bonchev–Trinajstić information content (AvgIpc) is 3.49. The monoisotopic (exact) mass is 435 g/mol. The minimum Gasteiger partial charge on any atom is -0.497 e. The molecule has 0 aliphatic carbocycles. The van der Waals surface area contributed by atoms with Crippen molar-refractivity contribution in [2.45, 2.75) is 12.5 Å². The lowest BCUT2D eigenvalue weighted by Crippen LogP contribution is -2.26. The molecule has 1 unspecified atom stereocenters. The van der Waals surface area contributed by atoms with Crippen LogP contribution in [-0.2, 0) is 0 Å². The number of ether oxygens (including phenoxy) is 2. The molecule has 0 spiro atoms. The van der Waals surface area contributed by atoms with Crippen LogP contribution in [0.2, 0.25) is 0 Å². The Labute approximate surface area is 186 Å². The highest BCUT2D eigenvalue weighted by molar-refractivity contribution is 7.12. The van der Waals surface area contributed by atoms with Crippen molar-refractivity contribution >= 4 is 28.6 Å². The summed E-state index contributed by atoms with van der Waals surface area (Å²) < 4.78 is 11.0. The number of hydrazone groups is 1. The fraction of sp³-hybridized carbons (Fsp3) is 0.250. The Bertz CT molecular complexity index is 1110. The SMILES string of the molecule is COc1ccc(OC)c(C2=NN(C(=O)c3cccs3)C(c3cccc(N(C)C)c3)C2)c1. The Morgan fingerprint density at radius 1 is 1.10 bits per heavy atom. The summed E-state index contributed by atoms with van der Waals surface area (Å²) >= 11 is 1.42. The van der Waals surface area contributed by atoms with Gasteiger partial charge in [0, 0.05) is 31.8 Å². The first-order valence-electron chi connectivity index (χ1n) is 9.96. The number of anilines is 1. The largest absolute Gasteiger partial charge is 0.497 e. The van der Waals surface area contributed by atoms with Crippen LogP contribution in [-0.4, -0.2) is 44.9 Å². The number of amides is 1. The van der Waals surface area contributed by atoms with Crippen molar-refractivity contribution in [3.63, 3.8) is 0 Å². The van der Waals surface area contributed by atoms with Crippen LogP contribution < -0.4 is 14.4 Å². The van der Waals surface area contributed by atoms with Crippen LogP contribution in [0.3, 0.4) is 0 Å². The van der Waals surface area contributed by atoms with Gasteiger partial charge in [-0.05, 0) is 47.3 Å². The number of rotatable bonds is 6. The Kier molecular flexibility index (Phi) is 5.95. The van der Waals surface area contributed by atoms with E-state index in [0.717, 1.165) is 22.5 Å². The molecule has 4 rings (SSSR count). The summed E-state index contributed by atoms with van der Waals surface area (Å²) in [6, 6.07) is 17.4. The van der Waals surface area contributed by atoms with Gasteiger partial charge in [-0.3, -0.25) is 4.79 Å². The van der Waals surface area contributed by atoms with Crippen molar-refractivity contribution < 1.29 is 14.3 Å². The number of thiophene rings is 1. The number of hydrogen-bond donors (Lipinski definition) is 0. The second-order valence-electron chi connectivity index (χ2n) is 7.45. The maximum atomic E-state index is 13.3. The molecule has 7 heteroatoms. The van der Waals surface area contributed by atoms with Crippen LogP contribution in [0.4, 0.5) is 5.69 Å². The molecule has 0 saturated heterocycles. The van der Waals surface area contributed by atoms with E-state index in [9.17, 15) is 4.79 Å². The highest BCUT2D eigenvalue weighted by atomic mass is 32.1. The van der Waals surface area contributed by atoms with Crippen molar-refractivity contribution in [3.8, 4) is 11.5 Å². The lowest BCUT2D eigenvalue weighted by Gasteiger charge is -2.23. The molecule has 0 saturated carbocycles. The van der Waals surface area contributed by atoms with Crippen molar-refractivity contribution in [2.75, 3.05) is 33.2 Å². The van der Waals surface area contributed by atoms with E-state index < -0.39 is 0 Å². The zero-order valence-corrected chi connectivity index (χ0v) is 18.8. The first kappa shape index (κ1) is 20.9. The van der Waals surface area contributed by atoms with Gasteiger partial charge in [-0.25, -0.2) is 5.01 Å². The first-order valence-corrected chi connectivity index (χ1v) is 10.8. The normalized spacial score (nSPS) is 15.5. The maximum absolute atomic E-state index is 13.3. The molecule has 0 radical (unpaired) electrons. The van der Waals surface area contributed by atoms with Gasteiger partial charge < -0.3 is 14.4 Å². The molecule has 2 heterocycles. The Balaban J connectivity index is 1.78. The minimum absolute atomic E-state index is 0.105. The molecular formula is C24H25N3O3S. The fourth-order valence-corrected chi connectivity index (χ4v) is 4.34. The molecule has 0 N–H and O–H groups in total. The van der Waals surface area contributed by atoms with Crippen LogP contribution in [0.25, 0.3) is 0 Å². The number of carbonyl (C=O) groups excluding carboxylic acids is 1. The first-order chi connectivity index (χ1) is 15.0. The van der Waals surface area contributed by atoms with Gasteiger partial charge in [0.05, 0.1) is 30.9 Å². The highest BCUT2D eigenvalue weighted by Gasteiger charge is 2.35. The molecule has 1 aromatic heterocycles. The molecule has 160 valence electrons. The van der Waals surface area contributed by atoms with Gasteiger partial charge in [-0.1, -0.05) is 18.2 Å². The van der Waals surface area contributed by atoms with Gasteiger partial charge in [0.1, 0.15) is 11.5 Å². The fourth-order valence-electron chi connectivity index (χ4n) is 3.68. The maximum Gasteiger partial charge on any atom is 0.284 e. The molecule has 0 bridgehead atoms. The average molecular weight is 436 g/mol. The molecule has 6 nitrogen and oxygen atoms in total. The Morgan fingerprint density at radius 3 is 2.61 bits per heavy atom. The summed E-state index contributed by atoms with van der Waals surface area (Å²) in [6.07, 6.45) is 0.581. The van der Waals surface area contributed by atoms with Crippen molar-refractivity contribution in [1.29, 1.82) is 0 Å². The molecular weight excluding hydrogens is 410 g/mol. The summed E-state index contributed by atoms with van der Waals surface area (Å²) in [5, 5.41) is 8.30. The smallest absolute Gasteiger partial charge is 0.284 e. The van der Waals surface area contributed by atoms with E-state index in [1.54, 1.807) is 19.2 Å². The Hall–Kier alpha value is -3.32. The number of nitrogens with zero attached hydrogens (tertiary/aromatic N) is 3. The van der Waals surface area contributed by atoms with E-state index in [1.165, 1.54) is 11.3 Å². The quantitative estimate of drug-likeness (QED) is 0.557. The highest BCUT2D eigenvalue weighted by Crippen LogP contribution is 2.38. The molecule has 1 atom stereocenters. The number of methoxy groups -OCH3 is 2. The van der Waals surface area contributed by atoms with Gasteiger partial charge in [0.25, 0.3) is 5.91 Å². The van der Waals surface area contributed by atoms with E-state index in [0.29, 0.717) is 22.8 Å². The number of carbonyl (C=O) groups is 1. The van der Waals surface area contributed by atoms with E-state index in [-0.39, 0.29) is 11.9 Å². The van der Waals surface area contributed by atoms with Crippen molar-refractivity contribution in [3.05, 3.63) is 76.0 Å². The molecule has 1 aliphatic heterocycles. The summed E-state index contributed by atoms with van der Waals surface area (Å²) in [7, 11) is 7.27. The topological polar surface area (TPSA) is 54.4 Å². The lowest BCUT2D eigenvalue weighted by atomic mass is 9.97. The Morgan fingerprint density at radius 2 is 1.94 bits per heavy atom. The van der Waals surface area contributed by atoms with Crippen molar-refractivity contribution in [1.82, 2.24) is 5.01 Å². The van der Waals surface area contributed by atoms with Gasteiger partial charge in [-0.2, -0.15) is 5.10 Å². The molecule has 1 amide bonds. The third-order valence-electron chi connectivity index (χ3n) is 5.34. The number of hydrogen-bond acceptors (Lipinski definition) is 6. The standard InChI is InChI=1S/C24H25N3O3S/c1-26(2)17-8-5-7-16(13-17)21-15-20(19-14-18(29-3)10-11-22(19)30-4)25-27(21)24(28)23-9-6-12-31-23/h5-14,21H,15H2,1-4H3. The second kappa shape index (κ2) is 8.81. The molecule has 3 aromatic rings. The van der Waals surface area contributed by atoms with Gasteiger partial charge in [0.2, 0.25) is 0 Å². The van der Waals surface area contributed by atoms with Crippen LogP contribution in [0.1, 0.15) is 33.3 Å². The van der Waals surface area contributed by atoms with Crippen molar-refractivity contribution in [2.24, 2.45) is 5.10 Å². The molecule has 1 aliphatic rings. The van der Waals surface area contributed by atoms with E-state index in [4.69, 9.17) is 14.6 Å². The molecule has 31 heavy (non-hydrogen) atoms. The third kappa shape index (κ3) is 4.14. The van der Waals surface area contributed by atoms with Crippen LogP contribution >= 0.6 is 11.3 Å². The van der Waals surface area contributed by atoms with Crippen LogP contribution in [0, 0.1) is 0 Å². The zero-order chi connectivity index (χ0) is 22.0. The van der Waals surface area contributed by atoms with Crippen LogP contribution in [0.5, 0.6) is 11.5 Å². The number of benzene rings is 2. The predicted octanol–water partition coefficient (Wildman–Crippen LogP) is 4.82. The van der Waals surface area contributed by atoms with Gasteiger partial charge in [-0.15, -0.1) is 11.3 Å². The van der Waals surface area contributed by atoms with E-state index in [2.05, 4.69) is 17.0 Å². The zero-order valence-electron chi connectivity index (χ0n) is 18.0. The second-order valence-corrected chi connectivity index (χ2v) is 8.40. The summed E-state index contributed by atoms with van der Waals surface area (Å²) in [4.78, 5) is 16.0. The molecule has 0 fully saturated rings. The minimum atomic E-state index is -0.208. The van der Waals surface area contributed by atoms with Crippen LogP contribution in [0.15, 0.2) is 65.1 Å². The molecule has 2 aromatic carbocycles. The predicted molar refractivity (Wildman–Crippen MR) is 125 cm³/mol. The van der Waals surface area contributed by atoms with Gasteiger partial charge >= 0.3 is 0 Å². The summed E-state index contributed by atoms with van der Waals surface area (Å²) in [5.41, 5.74) is 3.74. The van der Waals surface area contributed by atoms with E-state index in [1.807, 2.05) is 61.9 Å². The van der Waals surface area contributed by atoms with E-state index >= 15 is 0 Å².